The summed E-state index contributed by atoms with van der Waals surface area (Å²) in [5.41, 5.74) is 0. The number of amides is 1. The largest absolute Gasteiger partial charge is 0.484 e. The average molecular weight is 475 g/mol. The van der Waals surface area contributed by atoms with E-state index in [9.17, 15) is 13.2 Å². The molecule has 152 valence electrons. The monoisotopic (exact) mass is 474 g/mol. The molecule has 0 bridgehead atoms. The molecule has 1 fully saturated rings. The van der Waals surface area contributed by atoms with Crippen molar-refractivity contribution in [2.75, 3.05) is 48.9 Å². The van der Waals surface area contributed by atoms with Crippen molar-refractivity contribution in [3.8, 4) is 5.75 Å². The Morgan fingerprint density at radius 1 is 1.29 bits per heavy atom. The van der Waals surface area contributed by atoms with Crippen LogP contribution in [-0.4, -0.2) is 62.4 Å². The topological polar surface area (TPSA) is 109 Å². The van der Waals surface area contributed by atoms with E-state index < -0.39 is 15.9 Å². The Bertz CT molecular complexity index is 913. The van der Waals surface area contributed by atoms with Gasteiger partial charge < -0.3 is 4.74 Å². The van der Waals surface area contributed by atoms with Crippen LogP contribution in [0.5, 0.6) is 5.75 Å². The highest BCUT2D eigenvalue weighted by Gasteiger charge is 2.34. The van der Waals surface area contributed by atoms with Crippen LogP contribution in [-0.2, 0) is 14.8 Å². The fourth-order valence-electron chi connectivity index (χ4n) is 2.65. The molecule has 1 saturated heterocycles. The maximum Gasteiger partial charge on any atom is 0.372 e. The standard InChI is InChI=1S/C16H20BrN5O5S/c1-2-28(24,25)21-10-8-20(9-11-21)22-15(17)16(27-19-22)18-14(23)12-26-13-6-4-3-5-7-13/h3-7H,2,8-12H2,1H3/p+1. The lowest BCUT2D eigenvalue weighted by Gasteiger charge is -2.28. The molecule has 1 aliphatic heterocycles. The van der Waals surface area contributed by atoms with E-state index in [-0.39, 0.29) is 18.2 Å². The number of para-hydroxylation sites is 1. The number of benzene rings is 1. The van der Waals surface area contributed by atoms with E-state index in [1.165, 1.54) is 9.10 Å². The lowest BCUT2D eigenvalue weighted by Crippen LogP contribution is -2.66. The molecule has 1 aromatic heterocycles. The summed E-state index contributed by atoms with van der Waals surface area (Å²) in [7, 11) is -3.21. The zero-order chi connectivity index (χ0) is 20.1. The third-order valence-electron chi connectivity index (χ3n) is 4.18. The lowest BCUT2D eigenvalue weighted by atomic mass is 10.3. The third kappa shape index (κ3) is 4.80. The van der Waals surface area contributed by atoms with E-state index in [0.717, 1.165) is 0 Å². The van der Waals surface area contributed by atoms with Crippen molar-refractivity contribution in [1.29, 1.82) is 0 Å². The molecule has 1 aliphatic rings. The first-order valence-corrected chi connectivity index (χ1v) is 11.1. The van der Waals surface area contributed by atoms with Gasteiger partial charge in [-0.05, 0) is 19.1 Å². The van der Waals surface area contributed by atoms with Crippen molar-refractivity contribution in [3.05, 3.63) is 34.9 Å². The Labute approximate surface area is 171 Å². The first-order chi connectivity index (χ1) is 13.4. The fourth-order valence-corrected chi connectivity index (χ4v) is 4.20. The molecule has 0 radical (unpaired) electrons. The van der Waals surface area contributed by atoms with E-state index in [1.54, 1.807) is 19.1 Å². The van der Waals surface area contributed by atoms with Crippen molar-refractivity contribution in [3.63, 3.8) is 0 Å². The molecule has 0 aliphatic carbocycles. The van der Waals surface area contributed by atoms with Gasteiger partial charge in [0.2, 0.25) is 15.3 Å². The fraction of sp³-hybridized carbons (Fsp3) is 0.438. The van der Waals surface area contributed by atoms with Gasteiger partial charge in [-0.25, -0.2) is 8.42 Å². The van der Waals surface area contributed by atoms with E-state index >= 15 is 0 Å². The van der Waals surface area contributed by atoms with Crippen molar-refractivity contribution >= 4 is 37.7 Å². The molecule has 2 aromatic rings. The number of carbonyl (C=O) groups excluding carboxylic acids is 1. The molecular weight excluding hydrogens is 454 g/mol. The van der Waals surface area contributed by atoms with Gasteiger partial charge in [0.1, 0.15) is 5.75 Å². The number of aromatic nitrogens is 2. The maximum absolute atomic E-state index is 12.1. The molecule has 0 spiro atoms. The summed E-state index contributed by atoms with van der Waals surface area (Å²) >= 11 is 3.36. The highest BCUT2D eigenvalue weighted by Crippen LogP contribution is 2.18. The van der Waals surface area contributed by atoms with Gasteiger partial charge >= 0.3 is 10.5 Å². The third-order valence-corrected chi connectivity index (χ3v) is 6.74. The van der Waals surface area contributed by atoms with Gasteiger partial charge in [-0.3, -0.25) is 14.6 Å². The van der Waals surface area contributed by atoms with E-state index in [4.69, 9.17) is 9.26 Å². The summed E-state index contributed by atoms with van der Waals surface area (Å²) in [6.07, 6.45) is 0. The number of hydrogen-bond donors (Lipinski definition) is 1. The first-order valence-electron chi connectivity index (χ1n) is 8.69. The van der Waals surface area contributed by atoms with Gasteiger partial charge in [0.15, 0.2) is 6.61 Å². The summed E-state index contributed by atoms with van der Waals surface area (Å²) in [5, 5.41) is 8.33. The van der Waals surface area contributed by atoms with Gasteiger partial charge in [0.25, 0.3) is 5.91 Å². The lowest BCUT2D eigenvalue weighted by molar-refractivity contribution is -0.768. The molecule has 28 heavy (non-hydrogen) atoms. The van der Waals surface area contributed by atoms with Crippen molar-refractivity contribution in [2.24, 2.45) is 0 Å². The molecule has 1 amide bonds. The smallest absolute Gasteiger partial charge is 0.372 e. The van der Waals surface area contributed by atoms with Crippen LogP contribution in [0.15, 0.2) is 39.5 Å². The molecule has 12 heteroatoms. The van der Waals surface area contributed by atoms with E-state index in [0.29, 0.717) is 36.5 Å². The average Bonchev–Trinajstić information content (AvgIpc) is 3.07. The Morgan fingerprint density at radius 3 is 2.61 bits per heavy atom. The molecule has 10 nitrogen and oxygen atoms in total. The van der Waals surface area contributed by atoms with Crippen molar-refractivity contribution < 1.29 is 27.3 Å². The van der Waals surface area contributed by atoms with Crippen LogP contribution in [0.2, 0.25) is 0 Å². The maximum atomic E-state index is 12.1. The second-order valence-corrected chi connectivity index (χ2v) is 8.99. The molecular formula is C16H21BrN5O5S+. The molecule has 1 N–H and O–H groups in total. The minimum atomic E-state index is -3.21. The second kappa shape index (κ2) is 8.88. The van der Waals surface area contributed by atoms with Crippen LogP contribution in [0.3, 0.4) is 0 Å². The van der Waals surface area contributed by atoms with Crippen LogP contribution in [0.1, 0.15) is 6.92 Å². The zero-order valence-corrected chi connectivity index (χ0v) is 17.6. The summed E-state index contributed by atoms with van der Waals surface area (Å²) in [6.45, 7) is 3.05. The number of piperazine rings is 1. The van der Waals surface area contributed by atoms with E-state index in [1.807, 2.05) is 23.2 Å². The molecule has 0 atom stereocenters. The first kappa shape index (κ1) is 20.6. The van der Waals surface area contributed by atoms with Crippen LogP contribution < -0.4 is 19.9 Å². The summed E-state index contributed by atoms with van der Waals surface area (Å²) in [5.74, 6) is 0.413. The van der Waals surface area contributed by atoms with Crippen LogP contribution in [0.4, 0.5) is 5.88 Å². The predicted octanol–water partition coefficient (Wildman–Crippen LogP) is 0.345. The number of nitrogens with one attached hydrogen (secondary N) is 1. The van der Waals surface area contributed by atoms with Crippen LogP contribution in [0.25, 0.3) is 0 Å². The van der Waals surface area contributed by atoms with Crippen molar-refractivity contribution in [2.45, 2.75) is 6.92 Å². The van der Waals surface area contributed by atoms with Crippen molar-refractivity contribution in [1.82, 2.24) is 9.58 Å². The summed E-state index contributed by atoms with van der Waals surface area (Å²) < 4.78 is 36.4. The Kier molecular flexibility index (Phi) is 6.52. The number of rotatable bonds is 7. The summed E-state index contributed by atoms with van der Waals surface area (Å²) in [6, 6.07) is 8.99. The van der Waals surface area contributed by atoms with Gasteiger partial charge in [-0.2, -0.15) is 4.31 Å². The summed E-state index contributed by atoms with van der Waals surface area (Å²) in [4.78, 5) is 13.5. The number of ether oxygens (including phenoxy) is 1. The van der Waals surface area contributed by atoms with Gasteiger partial charge in [0.05, 0.1) is 23.6 Å². The Morgan fingerprint density at radius 2 is 1.96 bits per heavy atom. The number of anilines is 1. The minimum absolute atomic E-state index is 0.0784. The molecule has 0 unspecified atom stereocenters. The zero-order valence-electron chi connectivity index (χ0n) is 15.2. The van der Waals surface area contributed by atoms with Crippen LogP contribution in [0, 0.1) is 0 Å². The van der Waals surface area contributed by atoms with Gasteiger partial charge in [-0.1, -0.05) is 18.2 Å². The Hall–Kier alpha value is -2.18. The predicted molar refractivity (Wildman–Crippen MR) is 104 cm³/mol. The van der Waals surface area contributed by atoms with Gasteiger partial charge in [-0.15, -0.1) is 5.01 Å². The number of carbonyl (C=O) groups is 1. The molecule has 3 rings (SSSR count). The quantitative estimate of drug-likeness (QED) is 0.576. The minimum Gasteiger partial charge on any atom is -0.484 e. The molecule has 1 aromatic carbocycles. The second-order valence-electron chi connectivity index (χ2n) is 5.99. The number of hydrogen-bond acceptors (Lipinski definition) is 7. The van der Waals surface area contributed by atoms with E-state index in [2.05, 4.69) is 26.5 Å². The number of nitrogens with zero attached hydrogens (tertiary/aromatic N) is 4. The number of halogens is 1. The number of sulfonamides is 1. The SMILES string of the molecule is CCS(=O)(=O)N1CCN([n+]2noc(NC(=O)COc3ccccc3)c2Br)CC1. The molecule has 0 saturated carbocycles. The highest BCUT2D eigenvalue weighted by atomic mass is 79.9. The Balaban J connectivity index is 1.56. The highest BCUT2D eigenvalue weighted by molar-refractivity contribution is 9.10. The van der Waals surface area contributed by atoms with Crippen LogP contribution >= 0.6 is 15.9 Å². The molecule has 2 heterocycles. The normalized spacial score (nSPS) is 15.4. The van der Waals surface area contributed by atoms with Gasteiger partial charge in [0, 0.05) is 29.0 Å².